The van der Waals surface area contributed by atoms with Crippen molar-refractivity contribution in [3.05, 3.63) is 0 Å². The molecule has 2 fully saturated rings. The van der Waals surface area contributed by atoms with Gasteiger partial charge in [0.2, 0.25) is 5.91 Å². The van der Waals surface area contributed by atoms with E-state index in [0.717, 1.165) is 12.8 Å². The van der Waals surface area contributed by atoms with Crippen molar-refractivity contribution in [3.8, 4) is 0 Å². The predicted octanol–water partition coefficient (Wildman–Crippen LogP) is 1.75. The van der Waals surface area contributed by atoms with Crippen molar-refractivity contribution >= 4 is 11.9 Å². The van der Waals surface area contributed by atoms with Gasteiger partial charge < -0.3 is 4.90 Å². The lowest BCUT2D eigenvalue weighted by molar-refractivity contribution is -0.136. The number of nitrogens with zero attached hydrogens (tertiary/aromatic N) is 1. The number of rotatable bonds is 1. The Bertz CT molecular complexity index is 310. The summed E-state index contributed by atoms with van der Waals surface area (Å²) in [6.07, 6.45) is 5.94. The van der Waals surface area contributed by atoms with Crippen LogP contribution in [-0.4, -0.2) is 30.4 Å². The highest BCUT2D eigenvalue weighted by Gasteiger charge is 2.46. The average molecular weight is 224 g/mol. The Labute approximate surface area is 96.4 Å². The Morgan fingerprint density at radius 2 is 1.88 bits per heavy atom. The highest BCUT2D eigenvalue weighted by atomic mass is 16.2. The van der Waals surface area contributed by atoms with E-state index in [2.05, 4.69) is 5.32 Å². The largest absolute Gasteiger partial charge is 0.326 e. The molecule has 4 nitrogen and oxygen atoms in total. The van der Waals surface area contributed by atoms with Crippen LogP contribution >= 0.6 is 0 Å². The lowest BCUT2D eigenvalue weighted by Gasteiger charge is -2.43. The summed E-state index contributed by atoms with van der Waals surface area (Å²) in [6.45, 7) is 2.56. The molecule has 0 spiro atoms. The van der Waals surface area contributed by atoms with E-state index >= 15 is 0 Å². The van der Waals surface area contributed by atoms with Gasteiger partial charge in [0.05, 0.1) is 5.41 Å². The molecule has 1 aliphatic carbocycles. The first-order chi connectivity index (χ1) is 7.54. The number of carbonyl (C=O) groups is 2. The fraction of sp³-hybridized carbons (Fsp3) is 0.833. The zero-order chi connectivity index (χ0) is 11.8. The van der Waals surface area contributed by atoms with Crippen LogP contribution in [0.25, 0.3) is 0 Å². The van der Waals surface area contributed by atoms with Crippen LogP contribution in [0.3, 0.4) is 0 Å². The van der Waals surface area contributed by atoms with Crippen molar-refractivity contribution in [2.24, 2.45) is 11.3 Å². The second-order valence-electron chi connectivity index (χ2n) is 5.37. The number of hydrogen-bond donors (Lipinski definition) is 1. The van der Waals surface area contributed by atoms with E-state index in [1.165, 1.54) is 19.3 Å². The second kappa shape index (κ2) is 4.07. The quantitative estimate of drug-likeness (QED) is 0.737. The number of amides is 3. The molecular weight excluding hydrogens is 204 g/mol. The van der Waals surface area contributed by atoms with Gasteiger partial charge in [0.1, 0.15) is 0 Å². The van der Waals surface area contributed by atoms with Crippen LogP contribution in [0.1, 0.15) is 39.0 Å². The van der Waals surface area contributed by atoms with E-state index in [0.29, 0.717) is 12.5 Å². The maximum Gasteiger partial charge on any atom is 0.323 e. The first-order valence-corrected chi connectivity index (χ1v) is 6.10. The third-order valence-corrected chi connectivity index (χ3v) is 4.16. The van der Waals surface area contributed by atoms with Crippen LogP contribution in [-0.2, 0) is 4.79 Å². The summed E-state index contributed by atoms with van der Waals surface area (Å²) in [4.78, 5) is 25.0. The Morgan fingerprint density at radius 1 is 1.25 bits per heavy atom. The van der Waals surface area contributed by atoms with Crippen molar-refractivity contribution in [3.63, 3.8) is 0 Å². The molecule has 1 unspecified atom stereocenters. The van der Waals surface area contributed by atoms with Gasteiger partial charge in [-0.1, -0.05) is 19.3 Å². The van der Waals surface area contributed by atoms with Gasteiger partial charge in [-0.3, -0.25) is 10.1 Å². The van der Waals surface area contributed by atoms with Crippen LogP contribution in [0.5, 0.6) is 0 Å². The van der Waals surface area contributed by atoms with E-state index in [9.17, 15) is 9.59 Å². The molecule has 1 N–H and O–H groups in total. The molecule has 16 heavy (non-hydrogen) atoms. The molecule has 1 aliphatic heterocycles. The lowest BCUT2D eigenvalue weighted by Crippen LogP contribution is -2.60. The molecular formula is C12H20N2O2. The molecule has 0 aromatic heterocycles. The van der Waals surface area contributed by atoms with E-state index in [1.807, 2.05) is 6.92 Å². The SMILES string of the molecule is CN1CC(C)(C2CCCCC2)C(=O)NC1=O. The third-order valence-electron chi connectivity index (χ3n) is 4.16. The van der Waals surface area contributed by atoms with Crippen molar-refractivity contribution in [1.82, 2.24) is 10.2 Å². The zero-order valence-corrected chi connectivity index (χ0v) is 10.1. The monoisotopic (exact) mass is 224 g/mol. The Hall–Kier alpha value is -1.06. The van der Waals surface area contributed by atoms with Gasteiger partial charge in [-0.2, -0.15) is 0 Å². The summed E-state index contributed by atoms with van der Waals surface area (Å²) in [5.41, 5.74) is -0.386. The van der Waals surface area contributed by atoms with E-state index in [-0.39, 0.29) is 17.4 Å². The molecule has 1 heterocycles. The molecule has 1 saturated heterocycles. The molecule has 4 heteroatoms. The molecule has 0 aromatic carbocycles. The highest BCUT2D eigenvalue weighted by molar-refractivity contribution is 5.99. The molecule has 1 saturated carbocycles. The number of urea groups is 1. The number of imide groups is 1. The Morgan fingerprint density at radius 3 is 2.50 bits per heavy atom. The van der Waals surface area contributed by atoms with Gasteiger partial charge in [-0.15, -0.1) is 0 Å². The third kappa shape index (κ3) is 1.81. The van der Waals surface area contributed by atoms with Crippen LogP contribution in [0, 0.1) is 11.3 Å². The van der Waals surface area contributed by atoms with E-state index in [4.69, 9.17) is 0 Å². The molecule has 1 atom stereocenters. The van der Waals surface area contributed by atoms with Gasteiger partial charge in [0.25, 0.3) is 0 Å². The van der Waals surface area contributed by atoms with Crippen LogP contribution in [0.15, 0.2) is 0 Å². The maximum absolute atomic E-state index is 12.0. The zero-order valence-electron chi connectivity index (χ0n) is 10.1. The van der Waals surface area contributed by atoms with Crippen molar-refractivity contribution in [1.29, 1.82) is 0 Å². The molecule has 2 aliphatic rings. The number of hydrogen-bond acceptors (Lipinski definition) is 2. The van der Waals surface area contributed by atoms with Crippen molar-refractivity contribution in [2.45, 2.75) is 39.0 Å². The molecule has 2 rings (SSSR count). The van der Waals surface area contributed by atoms with Gasteiger partial charge in [-0.25, -0.2) is 4.79 Å². The van der Waals surface area contributed by atoms with Gasteiger partial charge in [-0.05, 0) is 25.7 Å². The maximum atomic E-state index is 12.0. The summed E-state index contributed by atoms with van der Waals surface area (Å²) in [7, 11) is 1.75. The van der Waals surface area contributed by atoms with E-state index < -0.39 is 0 Å². The Balaban J connectivity index is 2.15. The van der Waals surface area contributed by atoms with E-state index in [1.54, 1.807) is 11.9 Å². The minimum Gasteiger partial charge on any atom is -0.326 e. The fourth-order valence-electron chi connectivity index (χ4n) is 3.03. The molecule has 3 amide bonds. The molecule has 0 bridgehead atoms. The van der Waals surface area contributed by atoms with Gasteiger partial charge >= 0.3 is 6.03 Å². The molecule has 90 valence electrons. The molecule has 0 radical (unpaired) electrons. The van der Waals surface area contributed by atoms with Crippen LogP contribution in [0.2, 0.25) is 0 Å². The normalized spacial score (nSPS) is 32.8. The minimum atomic E-state index is -0.386. The predicted molar refractivity (Wildman–Crippen MR) is 60.9 cm³/mol. The number of carbonyl (C=O) groups excluding carboxylic acids is 2. The summed E-state index contributed by atoms with van der Waals surface area (Å²) in [6, 6.07) is -0.265. The first kappa shape index (κ1) is 11.4. The summed E-state index contributed by atoms with van der Waals surface area (Å²) in [5, 5.41) is 2.46. The first-order valence-electron chi connectivity index (χ1n) is 6.10. The summed E-state index contributed by atoms with van der Waals surface area (Å²) in [5.74, 6) is 0.347. The summed E-state index contributed by atoms with van der Waals surface area (Å²) >= 11 is 0. The number of nitrogens with one attached hydrogen (secondary N) is 1. The van der Waals surface area contributed by atoms with Crippen molar-refractivity contribution < 1.29 is 9.59 Å². The standard InChI is InChI=1S/C12H20N2O2/c1-12(9-6-4-3-5-7-9)8-14(2)11(16)13-10(12)15/h9H,3-8H2,1-2H3,(H,13,15,16). The smallest absolute Gasteiger partial charge is 0.323 e. The fourth-order valence-corrected chi connectivity index (χ4v) is 3.03. The Kier molecular flexibility index (Phi) is 2.91. The summed E-state index contributed by atoms with van der Waals surface area (Å²) < 4.78 is 0. The second-order valence-corrected chi connectivity index (χ2v) is 5.37. The van der Waals surface area contributed by atoms with Crippen LogP contribution < -0.4 is 5.32 Å². The highest BCUT2D eigenvalue weighted by Crippen LogP contribution is 2.40. The van der Waals surface area contributed by atoms with Crippen molar-refractivity contribution in [2.75, 3.05) is 13.6 Å². The van der Waals surface area contributed by atoms with Crippen LogP contribution in [0.4, 0.5) is 4.79 Å². The average Bonchev–Trinajstić information content (AvgIpc) is 2.28. The topological polar surface area (TPSA) is 49.4 Å². The lowest BCUT2D eigenvalue weighted by atomic mass is 9.68. The van der Waals surface area contributed by atoms with Gasteiger partial charge in [0.15, 0.2) is 0 Å². The molecule has 0 aromatic rings. The minimum absolute atomic E-state index is 0.0810. The van der Waals surface area contributed by atoms with Gasteiger partial charge in [0, 0.05) is 13.6 Å².